The van der Waals surface area contributed by atoms with Gasteiger partial charge in [-0.25, -0.2) is 0 Å². The van der Waals surface area contributed by atoms with E-state index in [1.54, 1.807) is 17.9 Å². The molecule has 0 spiro atoms. The highest BCUT2D eigenvalue weighted by atomic mass is 79.9. The first-order valence-corrected chi connectivity index (χ1v) is 7.84. The minimum Gasteiger partial charge on any atom is -0.348 e. The van der Waals surface area contributed by atoms with E-state index in [0.29, 0.717) is 11.6 Å². The van der Waals surface area contributed by atoms with Crippen molar-refractivity contribution in [2.45, 2.75) is 38.6 Å². The highest BCUT2D eigenvalue weighted by Crippen LogP contribution is 2.49. The number of nitrogens with zero attached hydrogens (tertiary/aromatic N) is 2. The summed E-state index contributed by atoms with van der Waals surface area (Å²) in [4.78, 5) is 12.3. The molecule has 1 aromatic rings. The molecule has 104 valence electrons. The first kappa shape index (κ1) is 13.2. The second-order valence-corrected chi connectivity index (χ2v) is 6.92. The summed E-state index contributed by atoms with van der Waals surface area (Å²) in [6, 6.07) is 0.254. The van der Waals surface area contributed by atoms with Crippen molar-refractivity contribution < 1.29 is 4.79 Å². The fraction of sp³-hybridized carbons (Fsp3) is 0.714. The number of carbonyl (C=O) groups is 1. The zero-order valence-corrected chi connectivity index (χ0v) is 13.0. The van der Waals surface area contributed by atoms with Gasteiger partial charge in [0.25, 0.3) is 5.91 Å². The van der Waals surface area contributed by atoms with Gasteiger partial charge < -0.3 is 5.32 Å². The Balaban J connectivity index is 1.67. The fourth-order valence-corrected chi connectivity index (χ4v) is 4.48. The van der Waals surface area contributed by atoms with Gasteiger partial charge in [-0.2, -0.15) is 5.10 Å². The molecule has 19 heavy (non-hydrogen) atoms. The molecule has 1 heterocycles. The first-order valence-electron chi connectivity index (χ1n) is 7.04. The Morgan fingerprint density at radius 1 is 1.53 bits per heavy atom. The maximum Gasteiger partial charge on any atom is 0.270 e. The van der Waals surface area contributed by atoms with Gasteiger partial charge in [0.05, 0.1) is 10.7 Å². The van der Waals surface area contributed by atoms with Crippen molar-refractivity contribution in [1.29, 1.82) is 0 Å². The maximum absolute atomic E-state index is 12.3. The second-order valence-electron chi connectivity index (χ2n) is 6.07. The normalized spacial score (nSPS) is 30.6. The Morgan fingerprint density at radius 3 is 2.84 bits per heavy atom. The quantitative estimate of drug-likeness (QED) is 0.928. The lowest BCUT2D eigenvalue weighted by Gasteiger charge is -2.28. The summed E-state index contributed by atoms with van der Waals surface area (Å²) in [6.45, 7) is 2.15. The average molecular weight is 326 g/mol. The molecular formula is C14H20BrN3O. The Bertz CT molecular complexity index is 479. The summed E-state index contributed by atoms with van der Waals surface area (Å²) in [5.74, 6) is 2.38. The molecule has 2 aliphatic carbocycles. The minimum atomic E-state index is -0.0258. The van der Waals surface area contributed by atoms with E-state index in [4.69, 9.17) is 0 Å². The minimum absolute atomic E-state index is 0.0258. The van der Waals surface area contributed by atoms with Crippen molar-refractivity contribution in [3.05, 3.63) is 16.4 Å². The van der Waals surface area contributed by atoms with Crippen LogP contribution in [0.2, 0.25) is 0 Å². The Morgan fingerprint density at radius 2 is 2.32 bits per heavy atom. The van der Waals surface area contributed by atoms with Gasteiger partial charge in [0, 0.05) is 13.1 Å². The van der Waals surface area contributed by atoms with Crippen LogP contribution in [0.1, 0.15) is 43.1 Å². The summed E-state index contributed by atoms with van der Waals surface area (Å²) < 4.78 is 2.38. The monoisotopic (exact) mass is 325 g/mol. The second kappa shape index (κ2) is 4.93. The number of amides is 1. The molecule has 0 radical (unpaired) electrons. The lowest BCUT2D eigenvalue weighted by atomic mass is 9.84. The molecule has 2 saturated carbocycles. The van der Waals surface area contributed by atoms with E-state index in [1.165, 1.54) is 25.7 Å². The number of nitrogens with one attached hydrogen (secondary N) is 1. The summed E-state index contributed by atoms with van der Waals surface area (Å²) in [7, 11) is 1.79. The van der Waals surface area contributed by atoms with Crippen LogP contribution in [0.25, 0.3) is 0 Å². The van der Waals surface area contributed by atoms with Crippen LogP contribution in [-0.4, -0.2) is 21.7 Å². The van der Waals surface area contributed by atoms with Crippen molar-refractivity contribution >= 4 is 21.8 Å². The molecule has 1 N–H and O–H groups in total. The molecule has 0 aliphatic heterocycles. The molecule has 0 aromatic carbocycles. The smallest absolute Gasteiger partial charge is 0.270 e. The summed E-state index contributed by atoms with van der Waals surface area (Å²) in [5, 5.41) is 7.25. The molecule has 2 bridgehead atoms. The van der Waals surface area contributed by atoms with Gasteiger partial charge in [0.2, 0.25) is 0 Å². The molecule has 4 nitrogen and oxygen atoms in total. The number of aromatic nitrogens is 2. The van der Waals surface area contributed by atoms with Crippen molar-refractivity contribution in [2.75, 3.05) is 0 Å². The molecule has 1 amide bonds. The van der Waals surface area contributed by atoms with Crippen molar-refractivity contribution in [2.24, 2.45) is 24.8 Å². The lowest BCUT2D eigenvalue weighted by molar-refractivity contribution is 0.0905. The van der Waals surface area contributed by atoms with Crippen LogP contribution < -0.4 is 5.32 Å². The van der Waals surface area contributed by atoms with Crippen molar-refractivity contribution in [3.63, 3.8) is 0 Å². The molecule has 0 unspecified atom stereocenters. The van der Waals surface area contributed by atoms with Crippen molar-refractivity contribution in [3.8, 4) is 0 Å². The van der Waals surface area contributed by atoms with E-state index in [-0.39, 0.29) is 11.9 Å². The Hall–Kier alpha value is -0.840. The highest BCUT2D eigenvalue weighted by Gasteiger charge is 2.42. The molecule has 1 aromatic heterocycles. The number of aryl methyl sites for hydroxylation is 1. The maximum atomic E-state index is 12.3. The number of rotatable bonds is 3. The standard InChI is InChI=1S/C14H20BrN3O/c1-8(11-6-9-3-4-10(11)5-9)17-14(19)13-12(15)7-16-18(13)2/h7-11H,3-6H2,1-2H3,(H,17,19)/t8-,9+,10+,11+/m0/s1. The predicted octanol–water partition coefficient (Wildman–Crippen LogP) is 2.74. The summed E-state index contributed by atoms with van der Waals surface area (Å²) in [6.07, 6.45) is 7.08. The van der Waals surface area contributed by atoms with Gasteiger partial charge in [0.15, 0.2) is 0 Å². The van der Waals surface area contributed by atoms with Gasteiger partial charge in [0.1, 0.15) is 5.69 Å². The van der Waals surface area contributed by atoms with E-state index >= 15 is 0 Å². The third-order valence-electron chi connectivity index (χ3n) is 4.90. The molecule has 2 fully saturated rings. The van der Waals surface area contributed by atoms with Gasteiger partial charge in [-0.05, 0) is 59.9 Å². The van der Waals surface area contributed by atoms with E-state index in [2.05, 4.69) is 33.3 Å². The number of halogens is 1. The lowest BCUT2D eigenvalue weighted by Crippen LogP contribution is -2.40. The van der Waals surface area contributed by atoms with Crippen LogP contribution in [0, 0.1) is 17.8 Å². The van der Waals surface area contributed by atoms with Gasteiger partial charge in [-0.3, -0.25) is 9.48 Å². The molecule has 3 rings (SSSR count). The molecular weight excluding hydrogens is 306 g/mol. The van der Waals surface area contributed by atoms with Crippen LogP contribution in [0.4, 0.5) is 0 Å². The number of carbonyl (C=O) groups excluding carboxylic acids is 1. The van der Waals surface area contributed by atoms with Gasteiger partial charge in [-0.15, -0.1) is 0 Å². The van der Waals surface area contributed by atoms with E-state index in [9.17, 15) is 4.79 Å². The molecule has 0 saturated heterocycles. The van der Waals surface area contributed by atoms with E-state index in [0.717, 1.165) is 16.3 Å². The Kier molecular flexibility index (Phi) is 3.41. The zero-order valence-electron chi connectivity index (χ0n) is 11.4. The topological polar surface area (TPSA) is 46.9 Å². The summed E-state index contributed by atoms with van der Waals surface area (Å²) in [5.41, 5.74) is 0.606. The number of hydrogen-bond donors (Lipinski definition) is 1. The van der Waals surface area contributed by atoms with E-state index < -0.39 is 0 Å². The van der Waals surface area contributed by atoms with Gasteiger partial charge >= 0.3 is 0 Å². The third-order valence-corrected chi connectivity index (χ3v) is 5.48. The van der Waals surface area contributed by atoms with Crippen molar-refractivity contribution in [1.82, 2.24) is 15.1 Å². The van der Waals surface area contributed by atoms with Crippen LogP contribution in [0.3, 0.4) is 0 Å². The number of hydrogen-bond acceptors (Lipinski definition) is 2. The summed E-state index contributed by atoms with van der Waals surface area (Å²) >= 11 is 3.38. The fourth-order valence-electron chi connectivity index (χ4n) is 3.95. The Labute approximate surface area is 122 Å². The number of fused-ring (bicyclic) bond motifs is 2. The zero-order chi connectivity index (χ0) is 13.6. The van der Waals surface area contributed by atoms with Crippen LogP contribution in [0.5, 0.6) is 0 Å². The van der Waals surface area contributed by atoms with Crippen LogP contribution in [-0.2, 0) is 7.05 Å². The highest BCUT2D eigenvalue weighted by molar-refractivity contribution is 9.10. The third kappa shape index (κ3) is 2.33. The molecule has 2 aliphatic rings. The average Bonchev–Trinajstić information content (AvgIpc) is 3.05. The van der Waals surface area contributed by atoms with Crippen LogP contribution in [0.15, 0.2) is 10.7 Å². The van der Waals surface area contributed by atoms with Crippen LogP contribution >= 0.6 is 15.9 Å². The van der Waals surface area contributed by atoms with E-state index in [1.807, 2.05) is 0 Å². The van der Waals surface area contributed by atoms with Gasteiger partial charge in [-0.1, -0.05) is 6.42 Å². The first-order chi connectivity index (χ1) is 9.06. The largest absolute Gasteiger partial charge is 0.348 e. The molecule has 4 atom stereocenters. The molecule has 5 heteroatoms. The predicted molar refractivity (Wildman–Crippen MR) is 76.8 cm³/mol. The SMILES string of the molecule is C[C@H](NC(=O)c1c(Br)cnn1C)[C@H]1C[C@@H]2CC[C@@H]1C2.